The normalized spacial score (nSPS) is 23.5. The third-order valence-corrected chi connectivity index (χ3v) is 6.64. The molecule has 1 unspecified atom stereocenters. The maximum absolute atomic E-state index is 12.7. The Morgan fingerprint density at radius 2 is 2.03 bits per heavy atom. The molecule has 10 nitrogen and oxygen atoms in total. The molecule has 3 N–H and O–H groups in total. The topological polar surface area (TPSA) is 130 Å². The standard InChI is InChI=1S/C22H23F2N5O5/c1-20(2)21(9-31-10-21)22(11-33-19(25)29-22)13-5-12(3-4-15(13)34-20)28-18(30)14-6-27-17(7-26-14)32-8-16(23)24/h3-7,16H,8-11H2,1-2H3,(H2,25,29)(H,28,30). The van der Waals surface area contributed by atoms with E-state index in [2.05, 4.69) is 15.3 Å². The molecule has 2 aromatic rings. The predicted molar refractivity (Wildman–Crippen MR) is 115 cm³/mol. The van der Waals surface area contributed by atoms with Crippen molar-refractivity contribution in [1.29, 1.82) is 0 Å². The van der Waals surface area contributed by atoms with Crippen molar-refractivity contribution < 1.29 is 32.5 Å². The smallest absolute Gasteiger partial charge is 0.283 e. The second-order valence-electron chi connectivity index (χ2n) is 8.89. The third kappa shape index (κ3) is 3.31. The van der Waals surface area contributed by atoms with Crippen molar-refractivity contribution >= 4 is 17.6 Å². The van der Waals surface area contributed by atoms with Gasteiger partial charge in [0.2, 0.25) is 5.88 Å². The van der Waals surface area contributed by atoms with E-state index in [-0.39, 0.29) is 24.2 Å². The van der Waals surface area contributed by atoms with E-state index in [9.17, 15) is 13.6 Å². The number of nitrogens with one attached hydrogen (secondary N) is 1. The van der Waals surface area contributed by atoms with Gasteiger partial charge in [-0.3, -0.25) is 4.79 Å². The summed E-state index contributed by atoms with van der Waals surface area (Å²) in [6.07, 6.45) is -0.372. The van der Waals surface area contributed by atoms with E-state index in [0.29, 0.717) is 24.7 Å². The summed E-state index contributed by atoms with van der Waals surface area (Å²) in [6, 6.07) is 5.33. The summed E-state index contributed by atoms with van der Waals surface area (Å²) >= 11 is 0. The minimum Gasteiger partial charge on any atom is -0.487 e. The van der Waals surface area contributed by atoms with E-state index in [1.165, 1.54) is 0 Å². The van der Waals surface area contributed by atoms with Crippen molar-refractivity contribution in [3.63, 3.8) is 0 Å². The van der Waals surface area contributed by atoms with Gasteiger partial charge < -0.3 is 30.0 Å². The number of halogens is 2. The quantitative estimate of drug-likeness (QED) is 0.673. The van der Waals surface area contributed by atoms with Crippen LogP contribution in [-0.2, 0) is 15.0 Å². The number of rotatable bonds is 5. The van der Waals surface area contributed by atoms with Gasteiger partial charge in [-0.2, -0.15) is 0 Å². The molecular formula is C22H23F2N5O5. The summed E-state index contributed by atoms with van der Waals surface area (Å²) < 4.78 is 46.9. The molecule has 1 atom stereocenters. The average molecular weight is 475 g/mol. The zero-order valence-electron chi connectivity index (χ0n) is 18.5. The molecule has 0 radical (unpaired) electrons. The number of carbonyl (C=O) groups is 1. The van der Waals surface area contributed by atoms with Crippen molar-refractivity contribution in [2.75, 3.05) is 31.7 Å². The lowest BCUT2D eigenvalue weighted by atomic mass is 9.55. The molecule has 3 aliphatic heterocycles. The van der Waals surface area contributed by atoms with E-state index in [4.69, 9.17) is 29.7 Å². The molecule has 1 aromatic carbocycles. The summed E-state index contributed by atoms with van der Waals surface area (Å²) in [4.78, 5) is 25.2. The fourth-order valence-electron chi connectivity index (χ4n) is 4.71. The molecule has 4 heterocycles. The molecule has 1 saturated heterocycles. The minimum atomic E-state index is -2.64. The van der Waals surface area contributed by atoms with Crippen LogP contribution in [0.1, 0.15) is 29.9 Å². The van der Waals surface area contributed by atoms with Crippen LogP contribution >= 0.6 is 0 Å². The number of hydrogen-bond acceptors (Lipinski definition) is 9. The highest BCUT2D eigenvalue weighted by atomic mass is 19.3. The van der Waals surface area contributed by atoms with Crippen LogP contribution in [0.15, 0.2) is 35.6 Å². The SMILES string of the molecule is CC1(C)Oc2ccc(NC(=O)c3cnc(OCC(F)F)cn3)cc2C2(COC(N)=N2)C12COC2. The Bertz CT molecular complexity index is 1150. The molecule has 0 saturated carbocycles. The van der Waals surface area contributed by atoms with Gasteiger partial charge in [0.1, 0.15) is 29.2 Å². The van der Waals surface area contributed by atoms with Crippen LogP contribution < -0.4 is 20.5 Å². The highest BCUT2D eigenvalue weighted by Gasteiger charge is 2.71. The van der Waals surface area contributed by atoms with Gasteiger partial charge >= 0.3 is 0 Å². The number of carbonyl (C=O) groups excluding carboxylic acids is 1. The Labute approximate surface area is 193 Å². The molecular weight excluding hydrogens is 452 g/mol. The fourth-order valence-corrected chi connectivity index (χ4v) is 4.71. The highest BCUT2D eigenvalue weighted by Crippen LogP contribution is 2.62. The first-order valence-electron chi connectivity index (χ1n) is 10.6. The van der Waals surface area contributed by atoms with E-state index in [1.54, 1.807) is 18.2 Å². The molecule has 1 aromatic heterocycles. The Morgan fingerprint density at radius 1 is 1.24 bits per heavy atom. The van der Waals surface area contributed by atoms with Crippen LogP contribution in [0.5, 0.6) is 11.6 Å². The zero-order chi connectivity index (χ0) is 24.1. The number of fused-ring (bicyclic) bond motifs is 3. The second-order valence-corrected chi connectivity index (χ2v) is 8.89. The highest BCUT2D eigenvalue weighted by molar-refractivity contribution is 6.02. The van der Waals surface area contributed by atoms with E-state index >= 15 is 0 Å². The van der Waals surface area contributed by atoms with Gasteiger partial charge in [-0.1, -0.05) is 0 Å². The van der Waals surface area contributed by atoms with Gasteiger partial charge in [-0.25, -0.2) is 23.7 Å². The van der Waals surface area contributed by atoms with Crippen LogP contribution in [0.3, 0.4) is 0 Å². The van der Waals surface area contributed by atoms with E-state index in [0.717, 1.165) is 18.0 Å². The zero-order valence-corrected chi connectivity index (χ0v) is 18.5. The number of amidine groups is 1. The van der Waals surface area contributed by atoms with Gasteiger partial charge in [0, 0.05) is 11.3 Å². The summed E-state index contributed by atoms with van der Waals surface area (Å²) in [5.41, 5.74) is 5.19. The van der Waals surface area contributed by atoms with Crippen molar-refractivity contribution in [3.05, 3.63) is 41.9 Å². The van der Waals surface area contributed by atoms with Crippen molar-refractivity contribution in [3.8, 4) is 11.6 Å². The van der Waals surface area contributed by atoms with E-state index in [1.807, 2.05) is 13.8 Å². The molecule has 1 amide bonds. The fraction of sp³-hybridized carbons (Fsp3) is 0.455. The van der Waals surface area contributed by atoms with Crippen molar-refractivity contribution in [1.82, 2.24) is 9.97 Å². The maximum atomic E-state index is 12.7. The van der Waals surface area contributed by atoms with Crippen LogP contribution in [0.2, 0.25) is 0 Å². The first-order chi connectivity index (χ1) is 16.2. The van der Waals surface area contributed by atoms with Crippen LogP contribution in [0.4, 0.5) is 14.5 Å². The van der Waals surface area contributed by atoms with Gasteiger partial charge in [0.25, 0.3) is 18.4 Å². The number of alkyl halides is 2. The Morgan fingerprint density at radius 3 is 2.62 bits per heavy atom. The number of anilines is 1. The molecule has 180 valence electrons. The van der Waals surface area contributed by atoms with Crippen LogP contribution in [0, 0.1) is 5.41 Å². The number of aromatic nitrogens is 2. The molecule has 0 bridgehead atoms. The number of nitrogens with two attached hydrogens (primary N) is 1. The Balaban J connectivity index is 1.43. The molecule has 2 spiro atoms. The lowest BCUT2D eigenvalue weighted by Crippen LogP contribution is -2.71. The van der Waals surface area contributed by atoms with Crippen LogP contribution in [0.25, 0.3) is 0 Å². The molecule has 34 heavy (non-hydrogen) atoms. The Kier molecular flexibility index (Phi) is 5.08. The predicted octanol–water partition coefficient (Wildman–Crippen LogP) is 2.10. The third-order valence-electron chi connectivity index (χ3n) is 6.64. The maximum Gasteiger partial charge on any atom is 0.283 e. The summed E-state index contributed by atoms with van der Waals surface area (Å²) in [5, 5.41) is 2.77. The largest absolute Gasteiger partial charge is 0.487 e. The monoisotopic (exact) mass is 475 g/mol. The number of aliphatic imine (C=N–C) groups is 1. The van der Waals surface area contributed by atoms with Crippen molar-refractivity contribution in [2.45, 2.75) is 31.4 Å². The Hall–Kier alpha value is -3.54. The first kappa shape index (κ1) is 22.3. The summed E-state index contributed by atoms with van der Waals surface area (Å²) in [7, 11) is 0. The number of nitrogens with zero attached hydrogens (tertiary/aromatic N) is 3. The minimum absolute atomic E-state index is 0.00968. The summed E-state index contributed by atoms with van der Waals surface area (Å²) in [6.45, 7) is 4.25. The number of benzene rings is 1. The van der Waals surface area contributed by atoms with Gasteiger partial charge in [0.15, 0.2) is 6.61 Å². The van der Waals surface area contributed by atoms with Crippen molar-refractivity contribution in [2.24, 2.45) is 16.1 Å². The van der Waals surface area contributed by atoms with Crippen LogP contribution in [-0.4, -0.2) is 60.4 Å². The lowest BCUT2D eigenvalue weighted by Gasteiger charge is -2.61. The number of ether oxygens (including phenoxy) is 4. The van der Waals surface area contributed by atoms with E-state index < -0.39 is 35.5 Å². The molecule has 0 aliphatic carbocycles. The van der Waals surface area contributed by atoms with Gasteiger partial charge in [-0.05, 0) is 32.0 Å². The first-order valence-corrected chi connectivity index (χ1v) is 10.6. The van der Waals surface area contributed by atoms with Gasteiger partial charge in [0.05, 0.1) is 31.0 Å². The molecule has 12 heteroatoms. The number of amides is 1. The number of hydrogen-bond donors (Lipinski definition) is 2. The lowest BCUT2D eigenvalue weighted by molar-refractivity contribution is -0.247. The summed E-state index contributed by atoms with van der Waals surface area (Å²) in [5.74, 6) is -0.0220. The molecule has 5 rings (SSSR count). The molecule has 3 aliphatic rings. The second kappa shape index (κ2) is 7.76. The molecule has 1 fully saturated rings. The van der Waals surface area contributed by atoms with Gasteiger partial charge in [-0.15, -0.1) is 0 Å². The average Bonchev–Trinajstić information content (AvgIpc) is 3.13.